The van der Waals surface area contributed by atoms with Crippen LogP contribution in [0, 0.1) is 0 Å². The first kappa shape index (κ1) is 7.35. The summed E-state index contributed by atoms with van der Waals surface area (Å²) in [6.45, 7) is 2.09. The van der Waals surface area contributed by atoms with E-state index in [2.05, 4.69) is 19.2 Å². The first-order chi connectivity index (χ1) is 4.74. The molecule has 0 fully saturated rings. The van der Waals surface area contributed by atoms with Crippen LogP contribution in [0.4, 0.5) is 0 Å². The summed E-state index contributed by atoms with van der Waals surface area (Å²) in [6.07, 6.45) is 5.09. The fraction of sp³-hybridized carbons (Fsp3) is 0.500. The van der Waals surface area contributed by atoms with E-state index in [0.29, 0.717) is 0 Å². The highest BCUT2D eigenvalue weighted by atomic mass is 14.9. The number of nitrogens with two attached hydrogens (primary N) is 1. The van der Waals surface area contributed by atoms with E-state index in [9.17, 15) is 0 Å². The van der Waals surface area contributed by atoms with Crippen molar-refractivity contribution in [1.82, 2.24) is 4.57 Å². The van der Waals surface area contributed by atoms with Crippen molar-refractivity contribution in [3.05, 3.63) is 24.0 Å². The second kappa shape index (κ2) is 2.88. The number of aryl methyl sites for hydroxylation is 1. The van der Waals surface area contributed by atoms with Crippen LogP contribution < -0.4 is 5.73 Å². The van der Waals surface area contributed by atoms with Crippen LogP contribution in [0.25, 0.3) is 0 Å². The summed E-state index contributed by atoms with van der Waals surface area (Å²) in [4.78, 5) is 0. The minimum Gasteiger partial charge on any atom is -0.357 e. The zero-order chi connectivity index (χ0) is 7.56. The summed E-state index contributed by atoms with van der Waals surface area (Å²) in [7, 11) is 2.01. The summed E-state index contributed by atoms with van der Waals surface area (Å²) >= 11 is 0. The predicted octanol–water partition coefficient (Wildman–Crippen LogP) is 1.43. The van der Waals surface area contributed by atoms with Gasteiger partial charge in [-0.15, -0.1) is 0 Å². The molecule has 1 unspecified atom stereocenters. The van der Waals surface area contributed by atoms with E-state index >= 15 is 0 Å². The van der Waals surface area contributed by atoms with E-state index in [1.165, 1.54) is 5.56 Å². The average Bonchev–Trinajstić information content (AvgIpc) is 2.34. The minimum atomic E-state index is 0.209. The van der Waals surface area contributed by atoms with Gasteiger partial charge in [0.15, 0.2) is 0 Å². The molecule has 2 nitrogen and oxygen atoms in total. The summed E-state index contributed by atoms with van der Waals surface area (Å²) < 4.78 is 2.02. The Balaban J connectivity index is 2.74. The molecule has 56 valence electrons. The monoisotopic (exact) mass is 138 g/mol. The minimum absolute atomic E-state index is 0.209. The molecule has 1 aromatic rings. The van der Waals surface area contributed by atoms with Gasteiger partial charge in [0.2, 0.25) is 0 Å². The maximum Gasteiger partial charge on any atom is 0.0307 e. The van der Waals surface area contributed by atoms with E-state index in [4.69, 9.17) is 5.73 Å². The smallest absolute Gasteiger partial charge is 0.0307 e. The van der Waals surface area contributed by atoms with Crippen LogP contribution in [-0.4, -0.2) is 4.57 Å². The third-order valence-corrected chi connectivity index (χ3v) is 1.72. The quantitative estimate of drug-likeness (QED) is 0.658. The molecule has 1 atom stereocenters. The van der Waals surface area contributed by atoms with Gasteiger partial charge in [-0.05, 0) is 18.1 Å². The Morgan fingerprint density at radius 1 is 1.70 bits per heavy atom. The lowest BCUT2D eigenvalue weighted by Crippen LogP contribution is -2.07. The first-order valence-corrected chi connectivity index (χ1v) is 3.61. The number of hydrogen-bond donors (Lipinski definition) is 1. The highest BCUT2D eigenvalue weighted by molar-refractivity contribution is 5.14. The molecule has 0 aromatic carbocycles. The van der Waals surface area contributed by atoms with E-state index in [-0.39, 0.29) is 6.04 Å². The van der Waals surface area contributed by atoms with Gasteiger partial charge in [-0.3, -0.25) is 0 Å². The molecule has 0 aliphatic heterocycles. The van der Waals surface area contributed by atoms with Crippen molar-refractivity contribution >= 4 is 0 Å². The number of hydrogen-bond acceptors (Lipinski definition) is 1. The van der Waals surface area contributed by atoms with E-state index in [1.807, 2.05) is 17.8 Å². The molecule has 1 heterocycles. The lowest BCUT2D eigenvalue weighted by atomic mass is 10.1. The van der Waals surface area contributed by atoms with Crippen molar-refractivity contribution in [1.29, 1.82) is 0 Å². The zero-order valence-electron chi connectivity index (χ0n) is 6.54. The fourth-order valence-electron chi connectivity index (χ4n) is 0.980. The lowest BCUT2D eigenvalue weighted by molar-refractivity contribution is 0.696. The molecule has 0 aliphatic carbocycles. The number of nitrogens with zero attached hydrogens (tertiary/aromatic N) is 1. The summed E-state index contributed by atoms with van der Waals surface area (Å²) in [6, 6.07) is 2.27. The Labute approximate surface area is 61.7 Å². The second-order valence-electron chi connectivity index (χ2n) is 2.63. The van der Waals surface area contributed by atoms with Crippen LogP contribution in [0.1, 0.15) is 24.9 Å². The van der Waals surface area contributed by atoms with E-state index in [1.54, 1.807) is 0 Å². The molecule has 1 rings (SSSR count). The highest BCUT2D eigenvalue weighted by Crippen LogP contribution is 2.12. The molecule has 2 N–H and O–H groups in total. The zero-order valence-corrected chi connectivity index (χ0v) is 6.54. The molecule has 0 radical (unpaired) electrons. The van der Waals surface area contributed by atoms with Gasteiger partial charge >= 0.3 is 0 Å². The van der Waals surface area contributed by atoms with Gasteiger partial charge in [-0.1, -0.05) is 6.92 Å². The molecule has 0 saturated heterocycles. The molecule has 10 heavy (non-hydrogen) atoms. The normalized spacial score (nSPS) is 13.5. The van der Waals surface area contributed by atoms with Crippen molar-refractivity contribution in [2.45, 2.75) is 19.4 Å². The van der Waals surface area contributed by atoms with Crippen molar-refractivity contribution in [3.63, 3.8) is 0 Å². The molecule has 2 heteroatoms. The van der Waals surface area contributed by atoms with Crippen molar-refractivity contribution in [2.24, 2.45) is 12.8 Å². The fourth-order valence-corrected chi connectivity index (χ4v) is 0.980. The van der Waals surface area contributed by atoms with Crippen LogP contribution in [0.5, 0.6) is 0 Å². The second-order valence-corrected chi connectivity index (χ2v) is 2.63. The molecule has 0 bridgehead atoms. The molecule has 0 saturated carbocycles. The van der Waals surface area contributed by atoms with E-state index < -0.39 is 0 Å². The van der Waals surface area contributed by atoms with Gasteiger partial charge in [0.05, 0.1) is 0 Å². The average molecular weight is 138 g/mol. The van der Waals surface area contributed by atoms with Crippen LogP contribution in [0.15, 0.2) is 18.5 Å². The topological polar surface area (TPSA) is 30.9 Å². The van der Waals surface area contributed by atoms with Crippen LogP contribution in [0.2, 0.25) is 0 Å². The molecule has 0 amide bonds. The van der Waals surface area contributed by atoms with Gasteiger partial charge in [0.1, 0.15) is 0 Å². The SMILES string of the molecule is CCC(N)c1ccn(C)c1. The molecular formula is C8H14N2. The van der Waals surface area contributed by atoms with Gasteiger partial charge in [0, 0.05) is 25.5 Å². The molecule has 0 spiro atoms. The summed E-state index contributed by atoms with van der Waals surface area (Å²) in [5, 5.41) is 0. The van der Waals surface area contributed by atoms with Crippen molar-refractivity contribution < 1.29 is 0 Å². The number of aromatic nitrogens is 1. The molecule has 1 aromatic heterocycles. The van der Waals surface area contributed by atoms with Gasteiger partial charge in [-0.25, -0.2) is 0 Å². The third kappa shape index (κ3) is 1.39. The maximum absolute atomic E-state index is 5.79. The first-order valence-electron chi connectivity index (χ1n) is 3.61. The Bertz CT molecular complexity index is 203. The van der Waals surface area contributed by atoms with Crippen LogP contribution in [0.3, 0.4) is 0 Å². The van der Waals surface area contributed by atoms with Gasteiger partial charge < -0.3 is 10.3 Å². The lowest BCUT2D eigenvalue weighted by Gasteiger charge is -2.03. The molecular weight excluding hydrogens is 124 g/mol. The Morgan fingerprint density at radius 2 is 2.40 bits per heavy atom. The maximum atomic E-state index is 5.79. The number of rotatable bonds is 2. The third-order valence-electron chi connectivity index (χ3n) is 1.72. The largest absolute Gasteiger partial charge is 0.357 e. The Morgan fingerprint density at radius 3 is 2.80 bits per heavy atom. The van der Waals surface area contributed by atoms with E-state index in [0.717, 1.165) is 6.42 Å². The van der Waals surface area contributed by atoms with Crippen molar-refractivity contribution in [3.8, 4) is 0 Å². The summed E-state index contributed by atoms with van der Waals surface area (Å²) in [5.74, 6) is 0. The Kier molecular flexibility index (Phi) is 2.12. The standard InChI is InChI=1S/C8H14N2/c1-3-8(9)7-4-5-10(2)6-7/h4-6,8H,3,9H2,1-2H3. The molecule has 0 aliphatic rings. The van der Waals surface area contributed by atoms with Gasteiger partial charge in [-0.2, -0.15) is 0 Å². The van der Waals surface area contributed by atoms with Crippen LogP contribution >= 0.6 is 0 Å². The summed E-state index contributed by atoms with van der Waals surface area (Å²) in [5.41, 5.74) is 7.02. The van der Waals surface area contributed by atoms with Crippen LogP contribution in [-0.2, 0) is 7.05 Å². The predicted molar refractivity (Wildman–Crippen MR) is 42.6 cm³/mol. The van der Waals surface area contributed by atoms with Crippen molar-refractivity contribution in [2.75, 3.05) is 0 Å². The van der Waals surface area contributed by atoms with Gasteiger partial charge in [0.25, 0.3) is 0 Å². The Hall–Kier alpha value is -0.760. The highest BCUT2D eigenvalue weighted by Gasteiger charge is 2.02.